The van der Waals surface area contributed by atoms with Crippen molar-refractivity contribution in [2.75, 3.05) is 19.5 Å². The topological polar surface area (TPSA) is 47.6 Å². The molecule has 23 heavy (non-hydrogen) atoms. The summed E-state index contributed by atoms with van der Waals surface area (Å²) >= 11 is 0. The van der Waals surface area contributed by atoms with Crippen molar-refractivity contribution in [2.24, 2.45) is 0 Å². The van der Waals surface area contributed by atoms with Gasteiger partial charge in [-0.05, 0) is 18.2 Å². The summed E-state index contributed by atoms with van der Waals surface area (Å²) in [5.74, 6) is 0.937. The maximum atomic E-state index is 12.7. The lowest BCUT2D eigenvalue weighted by atomic mass is 10.0. The van der Waals surface area contributed by atoms with Crippen LogP contribution >= 0.6 is 0 Å². The van der Waals surface area contributed by atoms with E-state index in [1.807, 2.05) is 54.6 Å². The molecule has 0 fully saturated rings. The average molecular weight is 307 g/mol. The zero-order valence-electron chi connectivity index (χ0n) is 13.0. The Morgan fingerprint density at radius 2 is 1.52 bits per heavy atom. The second-order valence-electron chi connectivity index (χ2n) is 5.03. The lowest BCUT2D eigenvalue weighted by Crippen LogP contribution is -2.13. The van der Waals surface area contributed by atoms with E-state index in [2.05, 4.69) is 5.32 Å². The van der Waals surface area contributed by atoms with Crippen molar-refractivity contribution < 1.29 is 14.3 Å². The van der Waals surface area contributed by atoms with Gasteiger partial charge in [-0.15, -0.1) is 0 Å². The molecule has 0 saturated carbocycles. The van der Waals surface area contributed by atoms with Gasteiger partial charge in [0.15, 0.2) is 0 Å². The highest BCUT2D eigenvalue weighted by Gasteiger charge is 2.18. The number of rotatable bonds is 4. The van der Waals surface area contributed by atoms with Crippen molar-refractivity contribution in [2.45, 2.75) is 0 Å². The molecule has 4 heteroatoms. The van der Waals surface area contributed by atoms with E-state index in [1.54, 1.807) is 20.3 Å². The van der Waals surface area contributed by atoms with Gasteiger partial charge in [-0.2, -0.15) is 0 Å². The molecule has 4 nitrogen and oxygen atoms in total. The number of anilines is 1. The van der Waals surface area contributed by atoms with Crippen LogP contribution in [0.5, 0.6) is 11.5 Å². The molecule has 0 bridgehead atoms. The molecule has 0 saturated heterocycles. The monoisotopic (exact) mass is 307 g/mol. The fraction of sp³-hybridized carbons (Fsp3) is 0.105. The van der Waals surface area contributed by atoms with E-state index in [0.29, 0.717) is 17.1 Å². The number of amides is 1. The number of para-hydroxylation sites is 1. The highest BCUT2D eigenvalue weighted by molar-refractivity contribution is 6.11. The number of hydrogen-bond acceptors (Lipinski definition) is 3. The predicted molar refractivity (Wildman–Crippen MR) is 91.4 cm³/mol. The summed E-state index contributed by atoms with van der Waals surface area (Å²) < 4.78 is 10.9. The fourth-order valence-electron chi connectivity index (χ4n) is 2.59. The normalized spacial score (nSPS) is 10.3. The number of benzene rings is 3. The Morgan fingerprint density at radius 3 is 2.17 bits per heavy atom. The van der Waals surface area contributed by atoms with Gasteiger partial charge in [0, 0.05) is 16.5 Å². The van der Waals surface area contributed by atoms with E-state index in [1.165, 1.54) is 0 Å². The van der Waals surface area contributed by atoms with Crippen LogP contribution in [0.15, 0.2) is 60.7 Å². The van der Waals surface area contributed by atoms with Crippen LogP contribution in [0.3, 0.4) is 0 Å². The van der Waals surface area contributed by atoms with Gasteiger partial charge < -0.3 is 14.8 Å². The van der Waals surface area contributed by atoms with Crippen LogP contribution in [-0.4, -0.2) is 20.1 Å². The molecule has 0 atom stereocenters. The summed E-state index contributed by atoms with van der Waals surface area (Å²) in [4.78, 5) is 12.7. The van der Waals surface area contributed by atoms with Crippen molar-refractivity contribution in [1.82, 2.24) is 0 Å². The van der Waals surface area contributed by atoms with Crippen LogP contribution in [0.2, 0.25) is 0 Å². The third-order valence-corrected chi connectivity index (χ3v) is 3.66. The second kappa shape index (κ2) is 6.40. The van der Waals surface area contributed by atoms with E-state index >= 15 is 0 Å². The Balaban J connectivity index is 2.11. The van der Waals surface area contributed by atoms with Crippen molar-refractivity contribution in [3.05, 3.63) is 66.2 Å². The third kappa shape index (κ3) is 2.83. The first-order valence-electron chi connectivity index (χ1n) is 7.24. The number of nitrogens with one attached hydrogen (secondary N) is 1. The molecule has 3 rings (SSSR count). The van der Waals surface area contributed by atoms with Gasteiger partial charge in [0.2, 0.25) is 0 Å². The highest BCUT2D eigenvalue weighted by atomic mass is 16.5. The number of carbonyl (C=O) groups excluding carboxylic acids is 1. The number of hydrogen-bond donors (Lipinski definition) is 1. The third-order valence-electron chi connectivity index (χ3n) is 3.66. The van der Waals surface area contributed by atoms with Gasteiger partial charge in [-0.25, -0.2) is 0 Å². The summed E-state index contributed by atoms with van der Waals surface area (Å²) in [6.45, 7) is 0. The van der Waals surface area contributed by atoms with Crippen molar-refractivity contribution in [3.63, 3.8) is 0 Å². The van der Waals surface area contributed by atoms with Crippen molar-refractivity contribution in [3.8, 4) is 11.5 Å². The number of ether oxygens (including phenoxy) is 2. The van der Waals surface area contributed by atoms with Gasteiger partial charge in [0.25, 0.3) is 5.91 Å². The van der Waals surface area contributed by atoms with Crippen molar-refractivity contribution in [1.29, 1.82) is 0 Å². The minimum Gasteiger partial charge on any atom is -0.496 e. The molecule has 0 heterocycles. The molecule has 0 radical (unpaired) electrons. The van der Waals surface area contributed by atoms with Gasteiger partial charge in [-0.3, -0.25) is 4.79 Å². The van der Waals surface area contributed by atoms with E-state index in [-0.39, 0.29) is 5.91 Å². The molecule has 0 aliphatic heterocycles. The van der Waals surface area contributed by atoms with Gasteiger partial charge in [0.05, 0.1) is 19.8 Å². The smallest absolute Gasteiger partial charge is 0.259 e. The first-order chi connectivity index (χ1) is 11.2. The molecule has 0 spiro atoms. The lowest BCUT2D eigenvalue weighted by molar-refractivity contribution is 0.102. The largest absolute Gasteiger partial charge is 0.496 e. The first-order valence-corrected chi connectivity index (χ1v) is 7.24. The van der Waals surface area contributed by atoms with Crippen molar-refractivity contribution >= 4 is 22.4 Å². The molecule has 0 unspecified atom stereocenters. The summed E-state index contributed by atoms with van der Waals surface area (Å²) in [7, 11) is 3.15. The van der Waals surface area contributed by atoms with Gasteiger partial charge in [-0.1, -0.05) is 42.5 Å². The fourth-order valence-corrected chi connectivity index (χ4v) is 2.59. The SMILES string of the molecule is COc1cc(C(=O)Nc2ccccc2)c(OC)c2ccccc12. The van der Waals surface area contributed by atoms with Crippen LogP contribution in [0.4, 0.5) is 5.69 Å². The van der Waals surface area contributed by atoms with Crippen LogP contribution in [0.1, 0.15) is 10.4 Å². The van der Waals surface area contributed by atoms with E-state index in [4.69, 9.17) is 9.47 Å². The van der Waals surface area contributed by atoms with E-state index < -0.39 is 0 Å². The van der Waals surface area contributed by atoms with Crippen LogP contribution < -0.4 is 14.8 Å². The molecule has 0 aliphatic carbocycles. The molecular formula is C19H17NO3. The molecule has 0 aromatic heterocycles. The van der Waals surface area contributed by atoms with Crippen LogP contribution in [0.25, 0.3) is 10.8 Å². The standard InChI is InChI=1S/C19H17NO3/c1-22-17-12-16(19(21)20-13-8-4-3-5-9-13)18(23-2)15-11-7-6-10-14(15)17/h3-12H,1-2H3,(H,20,21). The van der Waals surface area contributed by atoms with E-state index in [9.17, 15) is 4.79 Å². The first kappa shape index (κ1) is 14.9. The van der Waals surface area contributed by atoms with Crippen LogP contribution in [0, 0.1) is 0 Å². The van der Waals surface area contributed by atoms with Gasteiger partial charge >= 0.3 is 0 Å². The summed E-state index contributed by atoms with van der Waals surface area (Å²) in [6, 6.07) is 18.7. The molecule has 0 aliphatic rings. The summed E-state index contributed by atoms with van der Waals surface area (Å²) in [6.07, 6.45) is 0. The Kier molecular flexibility index (Phi) is 4.15. The van der Waals surface area contributed by atoms with Gasteiger partial charge in [0.1, 0.15) is 11.5 Å². The molecule has 3 aromatic rings. The lowest BCUT2D eigenvalue weighted by Gasteiger charge is -2.15. The highest BCUT2D eigenvalue weighted by Crippen LogP contribution is 2.36. The summed E-state index contributed by atoms with van der Waals surface area (Å²) in [5.41, 5.74) is 1.17. The molecular weight excluding hydrogens is 290 g/mol. The number of methoxy groups -OCH3 is 2. The number of fused-ring (bicyclic) bond motifs is 1. The second-order valence-corrected chi connectivity index (χ2v) is 5.03. The summed E-state index contributed by atoms with van der Waals surface area (Å²) in [5, 5.41) is 4.62. The molecule has 3 aromatic carbocycles. The Hall–Kier alpha value is -3.01. The zero-order chi connectivity index (χ0) is 16.2. The minimum atomic E-state index is -0.239. The minimum absolute atomic E-state index is 0.239. The van der Waals surface area contributed by atoms with Crippen LogP contribution in [-0.2, 0) is 0 Å². The Labute approximate surface area is 134 Å². The molecule has 1 amide bonds. The number of carbonyl (C=O) groups is 1. The molecule has 116 valence electrons. The van der Waals surface area contributed by atoms with E-state index in [0.717, 1.165) is 16.5 Å². The Bertz CT molecular complexity index is 844. The quantitative estimate of drug-likeness (QED) is 0.789. The maximum Gasteiger partial charge on any atom is 0.259 e. The average Bonchev–Trinajstić information content (AvgIpc) is 2.61. The zero-order valence-corrected chi connectivity index (χ0v) is 13.0. The predicted octanol–water partition coefficient (Wildman–Crippen LogP) is 4.11. The Morgan fingerprint density at radius 1 is 0.870 bits per heavy atom. The maximum absolute atomic E-state index is 12.7. The molecule has 1 N–H and O–H groups in total.